The van der Waals surface area contributed by atoms with Crippen LogP contribution < -0.4 is 0 Å². The molecular weight excluding hydrogens is 332 g/mol. The van der Waals surface area contributed by atoms with Gasteiger partial charge in [0, 0.05) is 12.7 Å². The van der Waals surface area contributed by atoms with Crippen LogP contribution in [-0.2, 0) is 0 Å². The van der Waals surface area contributed by atoms with E-state index in [1.807, 2.05) is 12.1 Å². The van der Waals surface area contributed by atoms with E-state index >= 15 is 0 Å². The molecule has 1 aromatic carbocycles. The monoisotopic (exact) mass is 346 g/mol. The van der Waals surface area contributed by atoms with E-state index in [0.29, 0.717) is 22.7 Å². The molecule has 0 saturated carbocycles. The van der Waals surface area contributed by atoms with Gasteiger partial charge in [0.15, 0.2) is 0 Å². The van der Waals surface area contributed by atoms with Crippen LogP contribution in [0.5, 0.6) is 0 Å². The molecular formula is C17H15ClN2O2S. The van der Waals surface area contributed by atoms with Crippen molar-refractivity contribution in [2.75, 3.05) is 12.3 Å². The fraction of sp³-hybridized carbons (Fsp3) is 0.235. The van der Waals surface area contributed by atoms with Crippen LogP contribution in [0, 0.1) is 0 Å². The predicted molar refractivity (Wildman–Crippen MR) is 91.0 cm³/mol. The van der Waals surface area contributed by atoms with Gasteiger partial charge in [-0.3, -0.25) is 14.5 Å². The lowest BCUT2D eigenvalue weighted by atomic mass is 10.1. The van der Waals surface area contributed by atoms with Gasteiger partial charge in [-0.25, -0.2) is 4.98 Å². The SMILES string of the molecule is O=C1c2ccccc2C(=O)N1CCCCSc1ccc(Cl)cn1. The minimum absolute atomic E-state index is 0.183. The van der Waals surface area contributed by atoms with Crippen molar-refractivity contribution in [1.82, 2.24) is 9.88 Å². The second-order valence-electron chi connectivity index (χ2n) is 5.18. The summed E-state index contributed by atoms with van der Waals surface area (Å²) in [5.41, 5.74) is 1.02. The third kappa shape index (κ3) is 3.57. The number of hydrogen-bond donors (Lipinski definition) is 0. The second kappa shape index (κ2) is 7.15. The van der Waals surface area contributed by atoms with Crippen LogP contribution in [0.1, 0.15) is 33.6 Å². The van der Waals surface area contributed by atoms with Gasteiger partial charge in [0.1, 0.15) is 0 Å². The van der Waals surface area contributed by atoms with Crippen molar-refractivity contribution < 1.29 is 9.59 Å². The highest BCUT2D eigenvalue weighted by Crippen LogP contribution is 2.23. The summed E-state index contributed by atoms with van der Waals surface area (Å²) < 4.78 is 0. The van der Waals surface area contributed by atoms with Crippen molar-refractivity contribution in [3.8, 4) is 0 Å². The van der Waals surface area contributed by atoms with Crippen LogP contribution in [-0.4, -0.2) is 34.0 Å². The molecule has 0 unspecified atom stereocenters. The minimum atomic E-state index is -0.183. The molecule has 1 aliphatic heterocycles. The van der Waals surface area contributed by atoms with Crippen molar-refractivity contribution >= 4 is 35.2 Å². The third-order valence-corrected chi connectivity index (χ3v) is 4.86. The molecule has 0 bridgehead atoms. The topological polar surface area (TPSA) is 50.3 Å². The van der Waals surface area contributed by atoms with Gasteiger partial charge < -0.3 is 0 Å². The number of aromatic nitrogens is 1. The van der Waals surface area contributed by atoms with E-state index in [1.165, 1.54) is 4.90 Å². The summed E-state index contributed by atoms with van der Waals surface area (Å²) in [5.74, 6) is 0.521. The van der Waals surface area contributed by atoms with Gasteiger partial charge in [0.05, 0.1) is 21.2 Å². The van der Waals surface area contributed by atoms with Gasteiger partial charge in [0.25, 0.3) is 11.8 Å². The van der Waals surface area contributed by atoms with Crippen LogP contribution in [0.4, 0.5) is 0 Å². The number of halogens is 1. The summed E-state index contributed by atoms with van der Waals surface area (Å²) in [4.78, 5) is 30.0. The van der Waals surface area contributed by atoms with E-state index in [9.17, 15) is 9.59 Å². The number of rotatable bonds is 6. The molecule has 0 fully saturated rings. The first-order valence-corrected chi connectivity index (χ1v) is 8.73. The highest BCUT2D eigenvalue weighted by molar-refractivity contribution is 7.99. The fourth-order valence-corrected chi connectivity index (χ4v) is 3.40. The lowest BCUT2D eigenvalue weighted by Crippen LogP contribution is -2.30. The van der Waals surface area contributed by atoms with Crippen LogP contribution in [0.15, 0.2) is 47.6 Å². The van der Waals surface area contributed by atoms with Crippen molar-refractivity contribution in [2.24, 2.45) is 0 Å². The Kier molecular flexibility index (Phi) is 4.98. The number of benzene rings is 1. The number of carbonyl (C=O) groups is 2. The Morgan fingerprint density at radius 2 is 1.70 bits per heavy atom. The van der Waals surface area contributed by atoms with Crippen molar-refractivity contribution in [3.05, 3.63) is 58.7 Å². The number of unbranched alkanes of at least 4 members (excludes halogenated alkanes) is 1. The summed E-state index contributed by atoms with van der Waals surface area (Å²) >= 11 is 7.44. The molecule has 0 aliphatic carbocycles. The molecule has 1 aromatic heterocycles. The molecule has 23 heavy (non-hydrogen) atoms. The lowest BCUT2D eigenvalue weighted by molar-refractivity contribution is 0.0652. The number of hydrogen-bond acceptors (Lipinski definition) is 4. The molecule has 6 heteroatoms. The van der Waals surface area contributed by atoms with E-state index in [0.717, 1.165) is 23.6 Å². The number of fused-ring (bicyclic) bond motifs is 1. The average molecular weight is 347 g/mol. The van der Waals surface area contributed by atoms with Crippen molar-refractivity contribution in [3.63, 3.8) is 0 Å². The predicted octanol–water partition coefficient (Wildman–Crippen LogP) is 3.90. The normalized spacial score (nSPS) is 13.5. The molecule has 0 N–H and O–H groups in total. The molecule has 4 nitrogen and oxygen atoms in total. The molecule has 0 spiro atoms. The zero-order chi connectivity index (χ0) is 16.2. The lowest BCUT2D eigenvalue weighted by Gasteiger charge is -2.13. The second-order valence-corrected chi connectivity index (χ2v) is 6.73. The summed E-state index contributed by atoms with van der Waals surface area (Å²) in [6.45, 7) is 0.459. The molecule has 2 amide bonds. The Morgan fingerprint density at radius 3 is 2.30 bits per heavy atom. The van der Waals surface area contributed by atoms with E-state index in [1.54, 1.807) is 42.2 Å². The average Bonchev–Trinajstić information content (AvgIpc) is 2.81. The first kappa shape index (κ1) is 16.0. The molecule has 0 atom stereocenters. The maximum absolute atomic E-state index is 12.2. The Balaban J connectivity index is 1.46. The number of imide groups is 1. The summed E-state index contributed by atoms with van der Waals surface area (Å²) in [5, 5.41) is 1.55. The van der Waals surface area contributed by atoms with Crippen LogP contribution >= 0.6 is 23.4 Å². The molecule has 118 valence electrons. The fourth-order valence-electron chi connectivity index (χ4n) is 2.44. The van der Waals surface area contributed by atoms with Crippen LogP contribution in [0.3, 0.4) is 0 Å². The smallest absolute Gasteiger partial charge is 0.261 e. The first-order valence-electron chi connectivity index (χ1n) is 7.36. The third-order valence-electron chi connectivity index (χ3n) is 3.60. The summed E-state index contributed by atoms with van der Waals surface area (Å²) in [6, 6.07) is 10.7. The maximum Gasteiger partial charge on any atom is 0.261 e. The Hall–Kier alpha value is -1.85. The largest absolute Gasteiger partial charge is 0.274 e. The highest BCUT2D eigenvalue weighted by Gasteiger charge is 2.34. The Morgan fingerprint density at radius 1 is 1.00 bits per heavy atom. The van der Waals surface area contributed by atoms with E-state index in [2.05, 4.69) is 4.98 Å². The summed E-state index contributed by atoms with van der Waals surface area (Å²) in [7, 11) is 0. The van der Waals surface area contributed by atoms with E-state index in [-0.39, 0.29) is 11.8 Å². The number of thioether (sulfide) groups is 1. The molecule has 0 saturated heterocycles. The Bertz CT molecular complexity index is 699. The van der Waals surface area contributed by atoms with Gasteiger partial charge in [-0.15, -0.1) is 11.8 Å². The molecule has 2 aromatic rings. The zero-order valence-electron chi connectivity index (χ0n) is 12.4. The summed E-state index contributed by atoms with van der Waals surface area (Å²) in [6.07, 6.45) is 3.32. The standard InChI is InChI=1S/C17H15ClN2O2S/c18-12-7-8-15(19-11-12)23-10-4-3-9-20-16(21)13-5-1-2-6-14(13)17(20)22/h1-2,5-8,11H,3-4,9-10H2. The minimum Gasteiger partial charge on any atom is -0.274 e. The molecule has 2 heterocycles. The molecule has 0 radical (unpaired) electrons. The molecule has 1 aliphatic rings. The zero-order valence-corrected chi connectivity index (χ0v) is 13.9. The van der Waals surface area contributed by atoms with E-state index < -0.39 is 0 Å². The first-order chi connectivity index (χ1) is 11.2. The van der Waals surface area contributed by atoms with Crippen molar-refractivity contribution in [2.45, 2.75) is 17.9 Å². The Labute approximate surface area is 143 Å². The van der Waals surface area contributed by atoms with Gasteiger partial charge >= 0.3 is 0 Å². The van der Waals surface area contributed by atoms with Crippen LogP contribution in [0.2, 0.25) is 5.02 Å². The quantitative estimate of drug-likeness (QED) is 0.452. The van der Waals surface area contributed by atoms with Gasteiger partial charge in [-0.05, 0) is 42.9 Å². The van der Waals surface area contributed by atoms with Crippen LogP contribution in [0.25, 0.3) is 0 Å². The van der Waals surface area contributed by atoms with Crippen molar-refractivity contribution in [1.29, 1.82) is 0 Å². The highest BCUT2D eigenvalue weighted by atomic mass is 35.5. The number of amides is 2. The number of carbonyl (C=O) groups excluding carboxylic acids is 2. The molecule has 3 rings (SSSR count). The number of nitrogens with zero attached hydrogens (tertiary/aromatic N) is 2. The van der Waals surface area contributed by atoms with Gasteiger partial charge in [-0.1, -0.05) is 23.7 Å². The number of pyridine rings is 1. The van der Waals surface area contributed by atoms with Gasteiger partial charge in [-0.2, -0.15) is 0 Å². The van der Waals surface area contributed by atoms with Gasteiger partial charge in [0.2, 0.25) is 0 Å². The maximum atomic E-state index is 12.2. The van der Waals surface area contributed by atoms with E-state index in [4.69, 9.17) is 11.6 Å².